The third-order valence-electron chi connectivity index (χ3n) is 3.39. The molecule has 1 amide bonds. The molecule has 0 aliphatic carbocycles. The zero-order valence-electron chi connectivity index (χ0n) is 11.3. The smallest absolute Gasteiger partial charge is 0.257 e. The molecule has 5 nitrogen and oxygen atoms in total. The summed E-state index contributed by atoms with van der Waals surface area (Å²) in [7, 11) is 3.78. The van der Waals surface area contributed by atoms with Crippen LogP contribution < -0.4 is 10.6 Å². The predicted octanol–water partition coefficient (Wildman–Crippen LogP) is 1.33. The van der Waals surface area contributed by atoms with Crippen molar-refractivity contribution in [3.63, 3.8) is 0 Å². The van der Waals surface area contributed by atoms with Gasteiger partial charge in [-0.1, -0.05) is 0 Å². The Bertz CT molecular complexity index is 478. The fourth-order valence-electron chi connectivity index (χ4n) is 2.33. The third-order valence-corrected chi connectivity index (χ3v) is 3.83. The van der Waals surface area contributed by atoms with E-state index >= 15 is 0 Å². The molecule has 1 fully saturated rings. The molecule has 1 atom stereocenters. The zero-order valence-corrected chi connectivity index (χ0v) is 12.9. The van der Waals surface area contributed by atoms with Gasteiger partial charge < -0.3 is 15.5 Å². The summed E-state index contributed by atoms with van der Waals surface area (Å²) in [5, 5.41) is 0. The van der Waals surface area contributed by atoms with Gasteiger partial charge in [0.1, 0.15) is 5.82 Å². The number of hydrogen-bond donors (Lipinski definition) is 1. The van der Waals surface area contributed by atoms with Crippen LogP contribution in [0, 0.1) is 5.92 Å². The third kappa shape index (κ3) is 3.06. The Morgan fingerprint density at radius 2 is 2.37 bits per heavy atom. The highest BCUT2D eigenvalue weighted by molar-refractivity contribution is 9.10. The van der Waals surface area contributed by atoms with Crippen molar-refractivity contribution in [2.24, 2.45) is 11.7 Å². The minimum atomic E-state index is 0.0356. The SMILES string of the molecule is CN(C)c1ncc(Br)cc1C(=O)N1CC[C@H](CN)C1. The highest BCUT2D eigenvalue weighted by atomic mass is 79.9. The first-order valence-electron chi connectivity index (χ1n) is 6.35. The number of pyridine rings is 1. The second-order valence-electron chi connectivity index (χ2n) is 5.06. The standard InChI is InChI=1S/C13H19BrN4O/c1-17(2)12-11(5-10(14)7-16-12)13(19)18-4-3-9(6-15)8-18/h5,7,9H,3-4,6,8,15H2,1-2H3/t9-/m1/s1. The van der Waals surface area contributed by atoms with Crippen molar-refractivity contribution < 1.29 is 4.79 Å². The Morgan fingerprint density at radius 3 is 2.95 bits per heavy atom. The maximum absolute atomic E-state index is 12.6. The Kier molecular flexibility index (Phi) is 4.42. The summed E-state index contributed by atoms with van der Waals surface area (Å²) in [5.74, 6) is 1.16. The summed E-state index contributed by atoms with van der Waals surface area (Å²) < 4.78 is 0.816. The maximum atomic E-state index is 12.6. The fourth-order valence-corrected chi connectivity index (χ4v) is 2.66. The first-order valence-corrected chi connectivity index (χ1v) is 7.14. The van der Waals surface area contributed by atoms with Gasteiger partial charge in [-0.25, -0.2) is 4.98 Å². The molecule has 2 N–H and O–H groups in total. The van der Waals surface area contributed by atoms with Crippen LogP contribution >= 0.6 is 15.9 Å². The lowest BCUT2D eigenvalue weighted by Crippen LogP contribution is -2.31. The highest BCUT2D eigenvalue weighted by Crippen LogP contribution is 2.24. The average molecular weight is 327 g/mol. The van der Waals surface area contributed by atoms with Crippen LogP contribution in [0.5, 0.6) is 0 Å². The van der Waals surface area contributed by atoms with Crippen LogP contribution in [-0.4, -0.2) is 49.5 Å². The molecule has 1 aliphatic heterocycles. The molecule has 1 aliphatic rings. The van der Waals surface area contributed by atoms with E-state index in [1.807, 2.05) is 30.0 Å². The molecule has 6 heteroatoms. The van der Waals surface area contributed by atoms with Gasteiger partial charge in [-0.3, -0.25) is 4.79 Å². The van der Waals surface area contributed by atoms with Gasteiger partial charge in [0.05, 0.1) is 5.56 Å². The number of halogens is 1. The van der Waals surface area contributed by atoms with Crippen molar-refractivity contribution in [3.8, 4) is 0 Å². The van der Waals surface area contributed by atoms with Crippen molar-refractivity contribution >= 4 is 27.7 Å². The second kappa shape index (κ2) is 5.88. The molecule has 0 aromatic carbocycles. The molecule has 2 heterocycles. The average Bonchev–Trinajstić information content (AvgIpc) is 2.86. The van der Waals surface area contributed by atoms with Gasteiger partial charge in [-0.2, -0.15) is 0 Å². The number of carbonyl (C=O) groups excluding carboxylic acids is 1. The molecule has 0 radical (unpaired) electrons. The lowest BCUT2D eigenvalue weighted by molar-refractivity contribution is 0.0788. The van der Waals surface area contributed by atoms with Crippen molar-refractivity contribution in [2.75, 3.05) is 38.6 Å². The summed E-state index contributed by atoms with van der Waals surface area (Å²) in [5.41, 5.74) is 6.31. The zero-order chi connectivity index (χ0) is 14.0. The van der Waals surface area contributed by atoms with E-state index < -0.39 is 0 Å². The lowest BCUT2D eigenvalue weighted by atomic mass is 10.1. The number of anilines is 1. The highest BCUT2D eigenvalue weighted by Gasteiger charge is 2.28. The minimum Gasteiger partial charge on any atom is -0.362 e. The molecule has 0 spiro atoms. The fraction of sp³-hybridized carbons (Fsp3) is 0.538. The number of aromatic nitrogens is 1. The second-order valence-corrected chi connectivity index (χ2v) is 5.98. The van der Waals surface area contributed by atoms with Gasteiger partial charge in [0.15, 0.2) is 0 Å². The molecule has 1 aromatic heterocycles. The van der Waals surface area contributed by atoms with Crippen LogP contribution in [0.1, 0.15) is 16.8 Å². The van der Waals surface area contributed by atoms with Crippen molar-refractivity contribution in [2.45, 2.75) is 6.42 Å². The van der Waals surface area contributed by atoms with Crippen LogP contribution in [0.15, 0.2) is 16.7 Å². The molecule has 0 bridgehead atoms. The van der Waals surface area contributed by atoms with Crippen LogP contribution in [0.2, 0.25) is 0 Å². The molecule has 0 saturated carbocycles. The summed E-state index contributed by atoms with van der Waals surface area (Å²) >= 11 is 3.38. The minimum absolute atomic E-state index is 0.0356. The van der Waals surface area contributed by atoms with Crippen molar-refractivity contribution in [1.29, 1.82) is 0 Å². The van der Waals surface area contributed by atoms with Gasteiger partial charge in [0.25, 0.3) is 5.91 Å². The summed E-state index contributed by atoms with van der Waals surface area (Å²) in [4.78, 5) is 20.6. The normalized spacial score (nSPS) is 18.7. The molecular formula is C13H19BrN4O. The number of likely N-dealkylation sites (tertiary alicyclic amines) is 1. The van der Waals surface area contributed by atoms with Crippen LogP contribution in [-0.2, 0) is 0 Å². The van der Waals surface area contributed by atoms with E-state index in [9.17, 15) is 4.79 Å². The maximum Gasteiger partial charge on any atom is 0.257 e. The Balaban J connectivity index is 2.26. The molecule has 0 unspecified atom stereocenters. The van der Waals surface area contributed by atoms with Gasteiger partial charge in [-0.05, 0) is 40.9 Å². The van der Waals surface area contributed by atoms with E-state index in [0.717, 1.165) is 24.0 Å². The number of nitrogens with zero attached hydrogens (tertiary/aromatic N) is 3. The number of hydrogen-bond acceptors (Lipinski definition) is 4. The lowest BCUT2D eigenvalue weighted by Gasteiger charge is -2.21. The molecule has 104 valence electrons. The summed E-state index contributed by atoms with van der Waals surface area (Å²) in [6, 6.07) is 1.83. The van der Waals surface area contributed by atoms with E-state index in [2.05, 4.69) is 20.9 Å². The van der Waals surface area contributed by atoms with Crippen LogP contribution in [0.3, 0.4) is 0 Å². The van der Waals surface area contributed by atoms with E-state index in [-0.39, 0.29) is 5.91 Å². The number of rotatable bonds is 3. The first kappa shape index (κ1) is 14.3. The Hall–Kier alpha value is -1.14. The van der Waals surface area contributed by atoms with Crippen LogP contribution in [0.25, 0.3) is 0 Å². The number of carbonyl (C=O) groups is 1. The first-order chi connectivity index (χ1) is 9.02. The van der Waals surface area contributed by atoms with E-state index in [0.29, 0.717) is 23.8 Å². The topological polar surface area (TPSA) is 62.5 Å². The van der Waals surface area contributed by atoms with Gasteiger partial charge in [0.2, 0.25) is 0 Å². The summed E-state index contributed by atoms with van der Waals surface area (Å²) in [6.45, 7) is 2.16. The molecular weight excluding hydrogens is 308 g/mol. The van der Waals surface area contributed by atoms with E-state index in [4.69, 9.17) is 5.73 Å². The molecule has 1 aromatic rings. The van der Waals surface area contributed by atoms with E-state index in [1.165, 1.54) is 0 Å². The summed E-state index contributed by atoms with van der Waals surface area (Å²) in [6.07, 6.45) is 2.69. The Labute approximate surface area is 121 Å². The van der Waals surface area contributed by atoms with Gasteiger partial charge in [0, 0.05) is 37.9 Å². The number of nitrogens with two attached hydrogens (primary N) is 1. The Morgan fingerprint density at radius 1 is 1.63 bits per heavy atom. The van der Waals surface area contributed by atoms with Gasteiger partial charge in [-0.15, -0.1) is 0 Å². The van der Waals surface area contributed by atoms with Crippen molar-refractivity contribution in [3.05, 3.63) is 22.3 Å². The number of amides is 1. The van der Waals surface area contributed by atoms with E-state index in [1.54, 1.807) is 6.20 Å². The van der Waals surface area contributed by atoms with Crippen LogP contribution in [0.4, 0.5) is 5.82 Å². The van der Waals surface area contributed by atoms with Crippen molar-refractivity contribution in [1.82, 2.24) is 9.88 Å². The molecule has 1 saturated heterocycles. The monoisotopic (exact) mass is 326 g/mol. The van der Waals surface area contributed by atoms with Gasteiger partial charge >= 0.3 is 0 Å². The quantitative estimate of drug-likeness (QED) is 0.910. The largest absolute Gasteiger partial charge is 0.362 e. The molecule has 2 rings (SSSR count). The predicted molar refractivity (Wildman–Crippen MR) is 79.3 cm³/mol. The molecule has 19 heavy (non-hydrogen) atoms.